The highest BCUT2D eigenvalue weighted by atomic mass is 32.2. The number of amides is 1. The van der Waals surface area contributed by atoms with Crippen molar-refractivity contribution in [2.45, 2.75) is 17.2 Å². The van der Waals surface area contributed by atoms with E-state index in [4.69, 9.17) is 14.2 Å². The van der Waals surface area contributed by atoms with Gasteiger partial charge in [0.2, 0.25) is 6.79 Å². The summed E-state index contributed by atoms with van der Waals surface area (Å²) in [5, 5.41) is 4.27. The molecule has 0 saturated carbocycles. The molecule has 1 atom stereocenters. The van der Waals surface area contributed by atoms with Gasteiger partial charge in [-0.05, 0) is 42.6 Å². The van der Waals surface area contributed by atoms with E-state index in [9.17, 15) is 18.0 Å². The van der Waals surface area contributed by atoms with Gasteiger partial charge in [0, 0.05) is 11.8 Å². The highest BCUT2D eigenvalue weighted by Gasteiger charge is 2.24. The molecule has 1 amide bonds. The number of para-hydroxylation sites is 1. The fourth-order valence-corrected chi connectivity index (χ4v) is 4.93. The number of benzene rings is 2. The molecular weight excluding hydrogens is 456 g/mol. The number of carbonyl (C=O) groups is 2. The maximum absolute atomic E-state index is 12.7. The number of rotatable bonds is 7. The zero-order chi connectivity index (χ0) is 22.7. The van der Waals surface area contributed by atoms with E-state index in [1.54, 1.807) is 41.8 Å². The van der Waals surface area contributed by atoms with Gasteiger partial charge < -0.3 is 19.5 Å². The van der Waals surface area contributed by atoms with Crippen LogP contribution in [-0.4, -0.2) is 33.2 Å². The van der Waals surface area contributed by atoms with E-state index in [1.807, 2.05) is 0 Å². The van der Waals surface area contributed by atoms with Crippen LogP contribution in [-0.2, 0) is 19.6 Å². The van der Waals surface area contributed by atoms with Crippen LogP contribution in [0.2, 0.25) is 0 Å². The van der Waals surface area contributed by atoms with Gasteiger partial charge in [0.05, 0.1) is 11.3 Å². The lowest BCUT2D eigenvalue weighted by atomic mass is 10.2. The first-order chi connectivity index (χ1) is 15.3. The average molecular weight is 475 g/mol. The first-order valence-corrected chi connectivity index (χ1v) is 11.8. The van der Waals surface area contributed by atoms with E-state index in [0.717, 1.165) is 11.3 Å². The summed E-state index contributed by atoms with van der Waals surface area (Å²) < 4.78 is 43.3. The molecule has 3 aromatic rings. The maximum Gasteiger partial charge on any atom is 0.341 e. The van der Waals surface area contributed by atoms with Crippen molar-refractivity contribution >= 4 is 44.6 Å². The number of carbonyl (C=O) groups excluding carboxylic acids is 2. The molecule has 0 aliphatic carbocycles. The van der Waals surface area contributed by atoms with Crippen LogP contribution < -0.4 is 19.5 Å². The van der Waals surface area contributed by atoms with Gasteiger partial charge in [-0.3, -0.25) is 9.52 Å². The average Bonchev–Trinajstić information content (AvgIpc) is 3.46. The number of thiophene rings is 1. The molecule has 0 radical (unpaired) electrons. The van der Waals surface area contributed by atoms with Gasteiger partial charge in [0.15, 0.2) is 17.6 Å². The summed E-state index contributed by atoms with van der Waals surface area (Å²) in [5.41, 5.74) is 0.482. The molecule has 2 heterocycles. The molecule has 0 saturated heterocycles. The Hall–Kier alpha value is -3.57. The van der Waals surface area contributed by atoms with Crippen LogP contribution in [0, 0.1) is 0 Å². The Morgan fingerprint density at radius 2 is 1.84 bits per heavy atom. The molecule has 1 aromatic heterocycles. The number of fused-ring (bicyclic) bond motifs is 1. The number of ether oxygens (including phenoxy) is 3. The zero-order valence-electron chi connectivity index (χ0n) is 16.7. The van der Waals surface area contributed by atoms with Crippen LogP contribution in [0.4, 0.5) is 11.4 Å². The number of esters is 1. The van der Waals surface area contributed by atoms with Gasteiger partial charge in [-0.25, -0.2) is 13.2 Å². The SMILES string of the molecule is C[C@H](OC(=O)c1ccccc1NS(=O)(=O)c1cccs1)C(=O)Nc1ccc2c(c1)OCO2. The van der Waals surface area contributed by atoms with E-state index in [-0.39, 0.29) is 22.3 Å². The van der Waals surface area contributed by atoms with Crippen LogP contribution in [0.1, 0.15) is 17.3 Å². The van der Waals surface area contributed by atoms with Crippen molar-refractivity contribution in [1.82, 2.24) is 0 Å². The summed E-state index contributed by atoms with van der Waals surface area (Å²) in [6.45, 7) is 1.52. The van der Waals surface area contributed by atoms with Crippen LogP contribution in [0.3, 0.4) is 0 Å². The third-order valence-electron chi connectivity index (χ3n) is 4.44. The number of anilines is 2. The number of hydrogen-bond donors (Lipinski definition) is 2. The molecule has 0 fully saturated rings. The topological polar surface area (TPSA) is 120 Å². The quantitative estimate of drug-likeness (QED) is 0.503. The van der Waals surface area contributed by atoms with Gasteiger partial charge >= 0.3 is 5.97 Å². The van der Waals surface area contributed by atoms with Crippen LogP contribution in [0.15, 0.2) is 64.2 Å². The van der Waals surface area contributed by atoms with Crippen LogP contribution in [0.5, 0.6) is 11.5 Å². The standard InChI is InChI=1S/C21H18N2O7S2/c1-13(20(24)22-14-8-9-17-18(11-14)29-12-28-17)30-21(25)15-5-2-3-6-16(15)23-32(26,27)19-7-4-10-31-19/h2-11,13,23H,12H2,1H3,(H,22,24)/t13-/m0/s1. The summed E-state index contributed by atoms with van der Waals surface area (Å²) in [6.07, 6.45) is -1.14. The molecule has 166 valence electrons. The minimum atomic E-state index is -3.86. The van der Waals surface area contributed by atoms with E-state index < -0.39 is 28.0 Å². The third-order valence-corrected chi connectivity index (χ3v) is 7.21. The molecule has 32 heavy (non-hydrogen) atoms. The molecule has 4 rings (SSSR count). The lowest BCUT2D eigenvalue weighted by Gasteiger charge is -2.16. The van der Waals surface area contributed by atoms with Crippen molar-refractivity contribution in [3.63, 3.8) is 0 Å². The van der Waals surface area contributed by atoms with Crippen LogP contribution in [0.25, 0.3) is 0 Å². The Morgan fingerprint density at radius 1 is 1.06 bits per heavy atom. The zero-order valence-corrected chi connectivity index (χ0v) is 18.4. The third kappa shape index (κ3) is 4.68. The number of sulfonamides is 1. The predicted molar refractivity (Wildman–Crippen MR) is 118 cm³/mol. The Balaban J connectivity index is 1.44. The summed E-state index contributed by atoms with van der Waals surface area (Å²) >= 11 is 1.05. The minimum Gasteiger partial charge on any atom is -0.454 e. The van der Waals surface area contributed by atoms with Crippen molar-refractivity contribution in [2.24, 2.45) is 0 Å². The predicted octanol–water partition coefficient (Wildman–Crippen LogP) is 3.46. The van der Waals surface area contributed by atoms with Crippen molar-refractivity contribution in [3.05, 3.63) is 65.5 Å². The normalized spacial score (nSPS) is 13.3. The van der Waals surface area contributed by atoms with Crippen LogP contribution >= 0.6 is 11.3 Å². The fraction of sp³-hybridized carbons (Fsp3) is 0.143. The Kier molecular flexibility index (Phi) is 6.01. The first kappa shape index (κ1) is 21.7. The second-order valence-electron chi connectivity index (χ2n) is 6.69. The molecule has 2 aromatic carbocycles. The van der Waals surface area contributed by atoms with E-state index in [0.29, 0.717) is 17.2 Å². The van der Waals surface area contributed by atoms with E-state index in [1.165, 1.54) is 25.1 Å². The maximum atomic E-state index is 12.7. The van der Waals surface area contributed by atoms with Gasteiger partial charge in [-0.1, -0.05) is 18.2 Å². The summed E-state index contributed by atoms with van der Waals surface area (Å²) in [4.78, 5) is 25.2. The van der Waals surface area contributed by atoms with Gasteiger partial charge in [0.1, 0.15) is 4.21 Å². The molecule has 1 aliphatic heterocycles. The molecule has 11 heteroatoms. The Labute approximate surface area is 188 Å². The number of nitrogens with one attached hydrogen (secondary N) is 2. The van der Waals surface area contributed by atoms with Gasteiger partial charge in [-0.2, -0.15) is 0 Å². The Morgan fingerprint density at radius 3 is 2.62 bits per heavy atom. The van der Waals surface area contributed by atoms with E-state index >= 15 is 0 Å². The summed E-state index contributed by atoms with van der Waals surface area (Å²) in [5.74, 6) is -0.333. The molecular formula is C21H18N2O7S2. The Bertz CT molecular complexity index is 1260. The van der Waals surface area contributed by atoms with Crippen molar-refractivity contribution in [1.29, 1.82) is 0 Å². The lowest BCUT2D eigenvalue weighted by molar-refractivity contribution is -0.123. The van der Waals surface area contributed by atoms with Crippen molar-refractivity contribution in [2.75, 3.05) is 16.8 Å². The molecule has 9 nitrogen and oxygen atoms in total. The molecule has 0 bridgehead atoms. The first-order valence-electron chi connectivity index (χ1n) is 9.40. The van der Waals surface area contributed by atoms with Gasteiger partial charge in [0.25, 0.3) is 15.9 Å². The largest absolute Gasteiger partial charge is 0.454 e. The lowest BCUT2D eigenvalue weighted by Crippen LogP contribution is -2.30. The monoisotopic (exact) mass is 474 g/mol. The summed E-state index contributed by atoms with van der Waals surface area (Å²) in [6, 6.07) is 14.0. The summed E-state index contributed by atoms with van der Waals surface area (Å²) in [7, 11) is -3.86. The highest BCUT2D eigenvalue weighted by molar-refractivity contribution is 7.94. The molecule has 0 unspecified atom stereocenters. The molecule has 2 N–H and O–H groups in total. The van der Waals surface area contributed by atoms with Crippen molar-refractivity contribution in [3.8, 4) is 11.5 Å². The minimum absolute atomic E-state index is 0.0182. The second-order valence-corrected chi connectivity index (χ2v) is 9.54. The highest BCUT2D eigenvalue weighted by Crippen LogP contribution is 2.34. The molecule has 1 aliphatic rings. The molecule has 0 spiro atoms. The van der Waals surface area contributed by atoms with E-state index in [2.05, 4.69) is 10.0 Å². The van der Waals surface area contributed by atoms with Gasteiger partial charge in [-0.15, -0.1) is 11.3 Å². The number of hydrogen-bond acceptors (Lipinski definition) is 8. The second kappa shape index (κ2) is 8.89. The van der Waals surface area contributed by atoms with Crippen molar-refractivity contribution < 1.29 is 32.2 Å². The smallest absolute Gasteiger partial charge is 0.341 e. The fourth-order valence-electron chi connectivity index (χ4n) is 2.86.